The van der Waals surface area contributed by atoms with Gasteiger partial charge < -0.3 is 15.4 Å². The van der Waals surface area contributed by atoms with E-state index in [1.165, 1.54) is 19.1 Å². The summed E-state index contributed by atoms with van der Waals surface area (Å²) in [5.41, 5.74) is 0.341. The minimum Gasteiger partial charge on any atom is -0.406 e. The Morgan fingerprint density at radius 2 is 1.69 bits per heavy atom. The molecule has 7 nitrogen and oxygen atoms in total. The monoisotopic (exact) mass is 483 g/mol. The van der Waals surface area contributed by atoms with E-state index >= 15 is 0 Å². The van der Waals surface area contributed by atoms with Crippen molar-refractivity contribution in [3.05, 3.63) is 95.6 Å². The largest absolute Gasteiger partial charge is 0.573 e. The van der Waals surface area contributed by atoms with Gasteiger partial charge in [-0.15, -0.1) is 13.2 Å². The van der Waals surface area contributed by atoms with Crippen LogP contribution in [0.2, 0.25) is 0 Å². The van der Waals surface area contributed by atoms with Gasteiger partial charge in [0.15, 0.2) is 0 Å². The van der Waals surface area contributed by atoms with Crippen LogP contribution in [0.5, 0.6) is 5.75 Å². The second kappa shape index (κ2) is 9.13. The molecule has 10 heteroatoms. The minimum atomic E-state index is -4.84. The van der Waals surface area contributed by atoms with E-state index in [0.29, 0.717) is 22.4 Å². The molecule has 1 unspecified atom stereocenters. The second-order valence-corrected chi connectivity index (χ2v) is 8.04. The first-order chi connectivity index (χ1) is 16.5. The number of hydrogen-bond acceptors (Lipinski definition) is 4. The number of urea groups is 1. The van der Waals surface area contributed by atoms with Crippen LogP contribution in [-0.4, -0.2) is 29.1 Å². The van der Waals surface area contributed by atoms with E-state index in [4.69, 9.17) is 0 Å². The van der Waals surface area contributed by atoms with Crippen LogP contribution >= 0.6 is 0 Å². The number of alkyl halides is 3. The first-order valence-electron chi connectivity index (χ1n) is 10.5. The number of imide groups is 1. The molecule has 0 aromatic heterocycles. The smallest absolute Gasteiger partial charge is 0.406 e. The average Bonchev–Trinajstić information content (AvgIpc) is 3.03. The topological polar surface area (TPSA) is 87.7 Å². The molecule has 1 fully saturated rings. The molecule has 35 heavy (non-hydrogen) atoms. The maximum Gasteiger partial charge on any atom is 0.573 e. The van der Waals surface area contributed by atoms with Crippen molar-refractivity contribution < 1.29 is 32.3 Å². The molecule has 4 rings (SSSR count). The summed E-state index contributed by atoms with van der Waals surface area (Å²) in [6, 6.07) is 19.5. The Morgan fingerprint density at radius 3 is 2.34 bits per heavy atom. The molecule has 180 valence electrons. The summed E-state index contributed by atoms with van der Waals surface area (Å²) in [5.74, 6) is -1.36. The number of rotatable bonds is 6. The van der Waals surface area contributed by atoms with Gasteiger partial charge in [0.25, 0.3) is 11.8 Å². The van der Waals surface area contributed by atoms with E-state index in [-0.39, 0.29) is 12.5 Å². The highest BCUT2D eigenvalue weighted by molar-refractivity contribution is 6.07. The number of nitrogens with one attached hydrogen (secondary N) is 2. The Labute approximate surface area is 198 Å². The van der Waals surface area contributed by atoms with Crippen LogP contribution in [0, 0.1) is 0 Å². The Hall–Kier alpha value is -4.34. The molecule has 1 saturated heterocycles. The summed E-state index contributed by atoms with van der Waals surface area (Å²) in [4.78, 5) is 39.4. The average molecular weight is 483 g/mol. The van der Waals surface area contributed by atoms with Gasteiger partial charge in [0.2, 0.25) is 0 Å². The van der Waals surface area contributed by atoms with Crippen LogP contribution in [0.4, 0.5) is 23.7 Å². The molecule has 1 heterocycles. The molecule has 0 saturated carbocycles. The maximum absolute atomic E-state index is 13.2. The summed E-state index contributed by atoms with van der Waals surface area (Å²) in [5, 5.41) is 5.37. The lowest BCUT2D eigenvalue weighted by atomic mass is 9.92. The van der Waals surface area contributed by atoms with Crippen LogP contribution in [-0.2, 0) is 16.9 Å². The Morgan fingerprint density at radius 1 is 1.00 bits per heavy atom. The Kier molecular flexibility index (Phi) is 6.21. The maximum atomic E-state index is 13.2. The zero-order valence-electron chi connectivity index (χ0n) is 18.4. The van der Waals surface area contributed by atoms with Crippen molar-refractivity contribution in [3.63, 3.8) is 0 Å². The predicted octanol–water partition coefficient (Wildman–Crippen LogP) is 4.80. The van der Waals surface area contributed by atoms with Crippen molar-refractivity contribution in [1.82, 2.24) is 10.2 Å². The van der Waals surface area contributed by atoms with Crippen LogP contribution in [0.15, 0.2) is 78.9 Å². The highest BCUT2D eigenvalue weighted by Crippen LogP contribution is 2.32. The summed E-state index contributed by atoms with van der Waals surface area (Å²) < 4.78 is 41.1. The molecule has 2 N–H and O–H groups in total. The first-order valence-corrected chi connectivity index (χ1v) is 10.5. The number of halogens is 3. The van der Waals surface area contributed by atoms with Crippen LogP contribution in [0.25, 0.3) is 0 Å². The number of amides is 4. The number of carbonyl (C=O) groups excluding carboxylic acids is 3. The quantitative estimate of drug-likeness (QED) is 0.493. The third-order valence-corrected chi connectivity index (χ3v) is 5.50. The molecular weight excluding hydrogens is 463 g/mol. The third-order valence-electron chi connectivity index (χ3n) is 5.50. The zero-order chi connectivity index (χ0) is 25.2. The minimum absolute atomic E-state index is 0.0953. The van der Waals surface area contributed by atoms with Gasteiger partial charge >= 0.3 is 12.4 Å². The number of nitrogens with zero attached hydrogens (tertiary/aromatic N) is 1. The SMILES string of the molecule is CC1(c2ccc(OC(F)(F)F)cc2)NC(=O)N(Cc2cccc(C(=O)Nc3ccccc3)c2)C1=O. The van der Waals surface area contributed by atoms with Gasteiger partial charge in [-0.2, -0.15) is 0 Å². The lowest BCUT2D eigenvalue weighted by molar-refractivity contribution is -0.274. The number of ether oxygens (including phenoxy) is 1. The third kappa shape index (κ3) is 5.26. The summed E-state index contributed by atoms with van der Waals surface area (Å²) in [6.45, 7) is 1.37. The molecule has 4 amide bonds. The fourth-order valence-corrected chi connectivity index (χ4v) is 3.74. The van der Waals surface area contributed by atoms with E-state index in [1.54, 1.807) is 48.5 Å². The van der Waals surface area contributed by atoms with Crippen LogP contribution in [0.1, 0.15) is 28.4 Å². The normalized spacial score (nSPS) is 17.8. The number of anilines is 1. The van der Waals surface area contributed by atoms with Gasteiger partial charge in [-0.05, 0) is 54.4 Å². The molecule has 0 bridgehead atoms. The van der Waals surface area contributed by atoms with Crippen molar-refractivity contribution in [2.24, 2.45) is 0 Å². The van der Waals surface area contributed by atoms with E-state index < -0.39 is 29.6 Å². The number of hydrogen-bond donors (Lipinski definition) is 2. The summed E-state index contributed by atoms with van der Waals surface area (Å²) >= 11 is 0. The number of benzene rings is 3. The molecular formula is C25H20F3N3O4. The van der Waals surface area contributed by atoms with Gasteiger partial charge in [0.1, 0.15) is 11.3 Å². The van der Waals surface area contributed by atoms with Crippen molar-refractivity contribution in [2.75, 3.05) is 5.32 Å². The summed E-state index contributed by atoms with van der Waals surface area (Å²) in [7, 11) is 0. The van der Waals surface area contributed by atoms with E-state index in [0.717, 1.165) is 17.0 Å². The molecule has 1 atom stereocenters. The van der Waals surface area contributed by atoms with Crippen molar-refractivity contribution in [3.8, 4) is 5.75 Å². The van der Waals surface area contributed by atoms with Crippen LogP contribution in [0.3, 0.4) is 0 Å². The molecule has 1 aliphatic rings. The van der Waals surface area contributed by atoms with E-state index in [2.05, 4.69) is 15.4 Å². The lowest BCUT2D eigenvalue weighted by Crippen LogP contribution is -2.40. The molecule has 0 aliphatic carbocycles. The fraction of sp³-hybridized carbons (Fsp3) is 0.160. The van der Waals surface area contributed by atoms with E-state index in [9.17, 15) is 27.6 Å². The standard InChI is InChI=1S/C25H20F3N3O4/c1-24(18-10-12-20(13-11-18)35-25(26,27)28)22(33)31(23(34)30-24)15-16-6-5-7-17(14-16)21(32)29-19-8-3-2-4-9-19/h2-14H,15H2,1H3,(H,29,32)(H,30,34). The molecule has 3 aromatic carbocycles. The van der Waals surface area contributed by atoms with Gasteiger partial charge in [0.05, 0.1) is 6.54 Å². The highest BCUT2D eigenvalue weighted by atomic mass is 19.4. The number of para-hydroxylation sites is 1. The van der Waals surface area contributed by atoms with Gasteiger partial charge in [-0.25, -0.2) is 4.79 Å². The van der Waals surface area contributed by atoms with Gasteiger partial charge in [-0.1, -0.05) is 42.5 Å². The highest BCUT2D eigenvalue weighted by Gasteiger charge is 2.49. The first kappa shape index (κ1) is 23.8. The Balaban J connectivity index is 1.49. The Bertz CT molecular complexity index is 1260. The lowest BCUT2D eigenvalue weighted by Gasteiger charge is -2.22. The molecule has 0 radical (unpaired) electrons. The van der Waals surface area contributed by atoms with Crippen LogP contribution < -0.4 is 15.4 Å². The molecule has 1 aliphatic heterocycles. The van der Waals surface area contributed by atoms with Crippen molar-refractivity contribution in [1.29, 1.82) is 0 Å². The zero-order valence-corrected chi connectivity index (χ0v) is 18.4. The molecule has 3 aromatic rings. The number of carbonyl (C=O) groups is 3. The summed E-state index contributed by atoms with van der Waals surface area (Å²) in [6.07, 6.45) is -4.84. The van der Waals surface area contributed by atoms with Gasteiger partial charge in [-0.3, -0.25) is 14.5 Å². The molecule has 0 spiro atoms. The predicted molar refractivity (Wildman–Crippen MR) is 120 cm³/mol. The van der Waals surface area contributed by atoms with Gasteiger partial charge in [0, 0.05) is 11.3 Å². The van der Waals surface area contributed by atoms with Crippen molar-refractivity contribution in [2.45, 2.75) is 25.4 Å². The fourth-order valence-electron chi connectivity index (χ4n) is 3.74. The second-order valence-electron chi connectivity index (χ2n) is 8.04. The van der Waals surface area contributed by atoms with Crippen molar-refractivity contribution >= 4 is 23.5 Å². The van der Waals surface area contributed by atoms with E-state index in [1.807, 2.05) is 6.07 Å².